The molecule has 21 heavy (non-hydrogen) atoms. The highest BCUT2D eigenvalue weighted by Crippen LogP contribution is 2.20. The van der Waals surface area contributed by atoms with Gasteiger partial charge < -0.3 is 10.6 Å². The number of hydrogen-bond donors (Lipinski definition) is 1. The van der Waals surface area contributed by atoms with Crippen LogP contribution in [0.15, 0.2) is 18.2 Å². The average Bonchev–Trinajstić information content (AvgIpc) is 2.47. The lowest BCUT2D eigenvalue weighted by Gasteiger charge is -2.35. The number of halogens is 1. The summed E-state index contributed by atoms with van der Waals surface area (Å²) in [6, 6.07) is 5.05. The second-order valence-electron chi connectivity index (χ2n) is 6.05. The Kier molecular flexibility index (Phi) is 5.48. The standard InChI is InChI=1S/C16H24ClN3O/c1-12(2)5-6-19-7-9-20(10-8-19)16(21)14-11-13(17)3-4-15(14)18/h3-4,11-12H,5-10,18H2,1-2H3. The molecule has 1 aromatic rings. The zero-order valence-electron chi connectivity index (χ0n) is 12.8. The summed E-state index contributed by atoms with van der Waals surface area (Å²) < 4.78 is 0. The molecule has 116 valence electrons. The average molecular weight is 310 g/mol. The van der Waals surface area contributed by atoms with Crippen LogP contribution in [0.4, 0.5) is 5.69 Å². The normalized spacial score (nSPS) is 16.5. The number of amides is 1. The quantitative estimate of drug-likeness (QED) is 0.870. The molecule has 5 heteroatoms. The Bertz CT molecular complexity index is 496. The molecule has 0 aromatic heterocycles. The lowest BCUT2D eigenvalue weighted by atomic mass is 10.1. The van der Waals surface area contributed by atoms with E-state index in [2.05, 4.69) is 18.7 Å². The van der Waals surface area contributed by atoms with Crippen LogP contribution in [-0.4, -0.2) is 48.4 Å². The van der Waals surface area contributed by atoms with Gasteiger partial charge in [-0.3, -0.25) is 9.69 Å². The first-order chi connectivity index (χ1) is 9.97. The Balaban J connectivity index is 1.92. The molecule has 0 aliphatic carbocycles. The number of carbonyl (C=O) groups excluding carboxylic acids is 1. The molecule has 1 heterocycles. The largest absolute Gasteiger partial charge is 0.398 e. The lowest BCUT2D eigenvalue weighted by molar-refractivity contribution is 0.0633. The van der Waals surface area contributed by atoms with Gasteiger partial charge in [0.2, 0.25) is 0 Å². The molecule has 4 nitrogen and oxygen atoms in total. The van der Waals surface area contributed by atoms with Crippen molar-refractivity contribution in [1.82, 2.24) is 9.80 Å². The van der Waals surface area contributed by atoms with Gasteiger partial charge in [0.05, 0.1) is 5.56 Å². The minimum Gasteiger partial charge on any atom is -0.398 e. The first kappa shape index (κ1) is 16.1. The molecule has 0 spiro atoms. The van der Waals surface area contributed by atoms with E-state index in [1.807, 2.05) is 4.90 Å². The second-order valence-corrected chi connectivity index (χ2v) is 6.48. The maximum absolute atomic E-state index is 12.5. The molecule has 0 atom stereocenters. The van der Waals surface area contributed by atoms with Gasteiger partial charge in [0.15, 0.2) is 0 Å². The van der Waals surface area contributed by atoms with Crippen molar-refractivity contribution in [3.8, 4) is 0 Å². The van der Waals surface area contributed by atoms with Crippen LogP contribution in [0.25, 0.3) is 0 Å². The highest BCUT2D eigenvalue weighted by Gasteiger charge is 2.23. The zero-order valence-corrected chi connectivity index (χ0v) is 13.6. The smallest absolute Gasteiger partial charge is 0.256 e. The number of nitrogens with two attached hydrogens (primary N) is 1. The maximum Gasteiger partial charge on any atom is 0.256 e. The van der Waals surface area contributed by atoms with Crippen molar-refractivity contribution >= 4 is 23.2 Å². The number of benzene rings is 1. The number of nitrogens with zero attached hydrogens (tertiary/aromatic N) is 2. The maximum atomic E-state index is 12.5. The van der Waals surface area contributed by atoms with Gasteiger partial charge in [-0.15, -0.1) is 0 Å². The summed E-state index contributed by atoms with van der Waals surface area (Å²) in [4.78, 5) is 16.8. The fourth-order valence-electron chi connectivity index (χ4n) is 2.50. The van der Waals surface area contributed by atoms with E-state index in [-0.39, 0.29) is 5.91 Å². The number of piperazine rings is 1. The van der Waals surface area contributed by atoms with Crippen LogP contribution in [0.3, 0.4) is 0 Å². The highest BCUT2D eigenvalue weighted by atomic mass is 35.5. The van der Waals surface area contributed by atoms with E-state index >= 15 is 0 Å². The van der Waals surface area contributed by atoms with E-state index < -0.39 is 0 Å². The first-order valence-corrected chi connectivity index (χ1v) is 7.92. The lowest BCUT2D eigenvalue weighted by Crippen LogP contribution is -2.49. The van der Waals surface area contributed by atoms with Crippen molar-refractivity contribution < 1.29 is 4.79 Å². The number of hydrogen-bond acceptors (Lipinski definition) is 3. The third kappa shape index (κ3) is 4.35. The number of nitrogen functional groups attached to an aromatic ring is 1. The summed E-state index contributed by atoms with van der Waals surface area (Å²) in [5.74, 6) is 0.703. The van der Waals surface area contributed by atoms with E-state index in [1.54, 1.807) is 18.2 Å². The Hall–Kier alpha value is -1.26. The van der Waals surface area contributed by atoms with Crippen LogP contribution in [0.2, 0.25) is 5.02 Å². The molecule has 2 rings (SSSR count). The molecular weight excluding hydrogens is 286 g/mol. The van der Waals surface area contributed by atoms with Gasteiger partial charge in [-0.05, 0) is 37.1 Å². The van der Waals surface area contributed by atoms with E-state index in [4.69, 9.17) is 17.3 Å². The number of carbonyl (C=O) groups is 1. The van der Waals surface area contributed by atoms with Crippen molar-refractivity contribution in [2.45, 2.75) is 20.3 Å². The van der Waals surface area contributed by atoms with Crippen molar-refractivity contribution in [2.75, 3.05) is 38.5 Å². The Morgan fingerprint density at radius 2 is 1.95 bits per heavy atom. The molecule has 1 saturated heterocycles. The van der Waals surface area contributed by atoms with Crippen LogP contribution >= 0.6 is 11.6 Å². The van der Waals surface area contributed by atoms with Crippen molar-refractivity contribution in [2.24, 2.45) is 5.92 Å². The summed E-state index contributed by atoms with van der Waals surface area (Å²) >= 11 is 5.96. The topological polar surface area (TPSA) is 49.6 Å². The molecule has 0 bridgehead atoms. The van der Waals surface area contributed by atoms with E-state index in [0.717, 1.165) is 38.6 Å². The van der Waals surface area contributed by atoms with E-state index in [9.17, 15) is 4.79 Å². The van der Waals surface area contributed by atoms with Crippen LogP contribution in [0, 0.1) is 5.92 Å². The van der Waals surface area contributed by atoms with Crippen LogP contribution in [0.1, 0.15) is 30.6 Å². The summed E-state index contributed by atoms with van der Waals surface area (Å²) in [6.07, 6.45) is 1.20. The van der Waals surface area contributed by atoms with E-state index in [1.165, 1.54) is 6.42 Å². The third-order valence-electron chi connectivity index (χ3n) is 3.93. The van der Waals surface area contributed by atoms with Gasteiger partial charge in [-0.1, -0.05) is 25.4 Å². The fourth-order valence-corrected chi connectivity index (χ4v) is 2.67. The van der Waals surface area contributed by atoms with Crippen molar-refractivity contribution in [3.63, 3.8) is 0 Å². The Morgan fingerprint density at radius 1 is 1.29 bits per heavy atom. The van der Waals surface area contributed by atoms with Crippen molar-refractivity contribution in [3.05, 3.63) is 28.8 Å². The minimum atomic E-state index is -0.0153. The van der Waals surface area contributed by atoms with E-state index in [0.29, 0.717) is 16.3 Å². The number of anilines is 1. The molecule has 0 saturated carbocycles. The number of rotatable bonds is 4. The monoisotopic (exact) mass is 309 g/mol. The van der Waals surface area contributed by atoms with Gasteiger partial charge in [0.25, 0.3) is 5.91 Å². The first-order valence-electron chi connectivity index (χ1n) is 7.54. The highest BCUT2D eigenvalue weighted by molar-refractivity contribution is 6.31. The molecule has 2 N–H and O–H groups in total. The minimum absolute atomic E-state index is 0.0153. The second kappa shape index (κ2) is 7.14. The molecule has 1 aromatic carbocycles. The molecule has 1 fully saturated rings. The molecule has 0 unspecified atom stereocenters. The third-order valence-corrected chi connectivity index (χ3v) is 4.16. The SMILES string of the molecule is CC(C)CCN1CCN(C(=O)c2cc(Cl)ccc2N)CC1. The zero-order chi connectivity index (χ0) is 15.4. The molecule has 1 aliphatic rings. The summed E-state index contributed by atoms with van der Waals surface area (Å²) in [7, 11) is 0. The predicted molar refractivity (Wildman–Crippen MR) is 87.7 cm³/mol. The molecule has 0 radical (unpaired) electrons. The van der Waals surface area contributed by atoms with Crippen molar-refractivity contribution in [1.29, 1.82) is 0 Å². The van der Waals surface area contributed by atoms with Crippen LogP contribution < -0.4 is 5.73 Å². The molecular formula is C16H24ClN3O. The summed E-state index contributed by atoms with van der Waals surface area (Å²) in [6.45, 7) is 8.95. The summed E-state index contributed by atoms with van der Waals surface area (Å²) in [5, 5.41) is 0.545. The molecule has 1 aliphatic heterocycles. The van der Waals surface area contributed by atoms with Crippen LogP contribution in [0.5, 0.6) is 0 Å². The summed E-state index contributed by atoms with van der Waals surface area (Å²) in [5.41, 5.74) is 6.89. The van der Waals surface area contributed by atoms with Gasteiger partial charge in [-0.2, -0.15) is 0 Å². The fraction of sp³-hybridized carbons (Fsp3) is 0.562. The van der Waals surface area contributed by atoms with Gasteiger partial charge >= 0.3 is 0 Å². The Labute approximate surface area is 131 Å². The molecule has 1 amide bonds. The predicted octanol–water partition coefficient (Wildman–Crippen LogP) is 2.73. The van der Waals surface area contributed by atoms with Crippen LogP contribution in [-0.2, 0) is 0 Å². The Morgan fingerprint density at radius 3 is 2.57 bits per heavy atom. The van der Waals surface area contributed by atoms with Gasteiger partial charge in [0.1, 0.15) is 0 Å². The van der Waals surface area contributed by atoms with Gasteiger partial charge in [0, 0.05) is 36.9 Å². The van der Waals surface area contributed by atoms with Gasteiger partial charge in [-0.25, -0.2) is 0 Å².